The number of ether oxygens (including phenoxy) is 2. The number of carbonyl (C=O) groups is 1. The Balaban J connectivity index is 1.68. The number of hydrogen-bond acceptors (Lipinski definition) is 5. The number of rotatable bonds is 6. The molecule has 1 aromatic carbocycles. The van der Waals surface area contributed by atoms with Crippen molar-refractivity contribution in [2.24, 2.45) is 0 Å². The van der Waals surface area contributed by atoms with E-state index in [1.165, 1.54) is 28.7 Å². The average Bonchev–Trinajstić information content (AvgIpc) is 2.66. The number of aryl methyl sites for hydroxylation is 1. The van der Waals surface area contributed by atoms with Gasteiger partial charge in [0.25, 0.3) is 5.56 Å². The first-order valence-corrected chi connectivity index (χ1v) is 8.30. The van der Waals surface area contributed by atoms with Crippen molar-refractivity contribution in [1.29, 1.82) is 0 Å². The molecule has 0 atom stereocenters. The molecule has 0 aliphatic rings. The Morgan fingerprint density at radius 2 is 2.04 bits per heavy atom. The minimum Gasteiger partial charge on any atom is -0.456 e. The molecule has 0 aliphatic carbocycles. The maximum atomic E-state index is 12.4. The summed E-state index contributed by atoms with van der Waals surface area (Å²) in [4.78, 5) is 28.3. The maximum absolute atomic E-state index is 12.4. The van der Waals surface area contributed by atoms with Crippen molar-refractivity contribution < 1.29 is 23.0 Å². The van der Waals surface area contributed by atoms with Crippen LogP contribution in [0.1, 0.15) is 16.8 Å². The van der Waals surface area contributed by atoms with Gasteiger partial charge in [0.2, 0.25) is 0 Å². The van der Waals surface area contributed by atoms with Crippen LogP contribution in [0, 0.1) is 6.92 Å². The third kappa shape index (κ3) is 4.79. The summed E-state index contributed by atoms with van der Waals surface area (Å²) in [5, 5.41) is 0. The lowest BCUT2D eigenvalue weighted by Gasteiger charge is -2.07. The molecule has 8 heteroatoms. The largest absolute Gasteiger partial charge is 0.456 e. The highest BCUT2D eigenvalue weighted by Crippen LogP contribution is 2.21. The SMILES string of the molecule is Cc1ccc2nc(COC(=O)/C=C/c3ccccc3OC(F)F)cc(=O)n2c1. The van der Waals surface area contributed by atoms with E-state index in [1.807, 2.05) is 13.0 Å². The number of halogens is 2. The summed E-state index contributed by atoms with van der Waals surface area (Å²) in [5.41, 5.74) is 1.68. The van der Waals surface area contributed by atoms with Crippen molar-refractivity contribution in [3.8, 4) is 5.75 Å². The predicted octanol–water partition coefficient (Wildman–Crippen LogP) is 3.36. The Morgan fingerprint density at radius 1 is 1.25 bits per heavy atom. The van der Waals surface area contributed by atoms with Gasteiger partial charge in [0.05, 0.1) is 5.69 Å². The minimum absolute atomic E-state index is 0.0546. The fourth-order valence-electron chi connectivity index (χ4n) is 2.50. The van der Waals surface area contributed by atoms with Crippen LogP contribution in [0.15, 0.2) is 59.5 Å². The summed E-state index contributed by atoms with van der Waals surface area (Å²) in [6, 6.07) is 10.9. The predicted molar refractivity (Wildman–Crippen MR) is 98.1 cm³/mol. The van der Waals surface area contributed by atoms with E-state index in [0.717, 1.165) is 11.6 Å². The van der Waals surface area contributed by atoms with E-state index in [-0.39, 0.29) is 17.9 Å². The molecular weight excluding hydrogens is 370 g/mol. The van der Waals surface area contributed by atoms with E-state index in [2.05, 4.69) is 9.72 Å². The van der Waals surface area contributed by atoms with Gasteiger partial charge in [0.15, 0.2) is 0 Å². The third-order valence-corrected chi connectivity index (χ3v) is 3.76. The van der Waals surface area contributed by atoms with Gasteiger partial charge in [-0.3, -0.25) is 9.20 Å². The van der Waals surface area contributed by atoms with Gasteiger partial charge in [-0.25, -0.2) is 9.78 Å². The van der Waals surface area contributed by atoms with Crippen LogP contribution >= 0.6 is 0 Å². The molecule has 3 rings (SSSR count). The third-order valence-electron chi connectivity index (χ3n) is 3.76. The first kappa shape index (κ1) is 19.2. The van der Waals surface area contributed by atoms with Crippen molar-refractivity contribution in [3.63, 3.8) is 0 Å². The molecule has 0 amide bonds. The van der Waals surface area contributed by atoms with E-state index >= 15 is 0 Å². The number of nitrogens with zero attached hydrogens (tertiary/aromatic N) is 2. The monoisotopic (exact) mass is 386 g/mol. The molecule has 144 valence electrons. The Bertz CT molecular complexity index is 1090. The zero-order valence-corrected chi connectivity index (χ0v) is 14.8. The highest BCUT2D eigenvalue weighted by molar-refractivity contribution is 5.87. The maximum Gasteiger partial charge on any atom is 0.387 e. The number of alkyl halides is 2. The number of benzene rings is 1. The molecule has 0 saturated carbocycles. The topological polar surface area (TPSA) is 69.9 Å². The van der Waals surface area contributed by atoms with Crippen LogP contribution < -0.4 is 10.3 Å². The zero-order valence-electron chi connectivity index (χ0n) is 14.8. The number of para-hydroxylation sites is 1. The zero-order chi connectivity index (χ0) is 20.1. The molecule has 0 saturated heterocycles. The van der Waals surface area contributed by atoms with Crippen LogP contribution in [-0.2, 0) is 16.1 Å². The molecule has 0 fully saturated rings. The fourth-order valence-corrected chi connectivity index (χ4v) is 2.50. The van der Waals surface area contributed by atoms with E-state index in [9.17, 15) is 18.4 Å². The number of esters is 1. The number of fused-ring (bicyclic) bond motifs is 1. The van der Waals surface area contributed by atoms with Crippen LogP contribution in [0.25, 0.3) is 11.7 Å². The number of pyridine rings is 1. The van der Waals surface area contributed by atoms with E-state index in [0.29, 0.717) is 16.9 Å². The van der Waals surface area contributed by atoms with Crippen LogP contribution in [0.5, 0.6) is 5.75 Å². The van der Waals surface area contributed by atoms with Crippen molar-refractivity contribution in [2.75, 3.05) is 0 Å². The lowest BCUT2D eigenvalue weighted by atomic mass is 10.2. The number of carbonyl (C=O) groups excluding carboxylic acids is 1. The van der Waals surface area contributed by atoms with Gasteiger partial charge < -0.3 is 9.47 Å². The molecule has 0 radical (unpaired) electrons. The van der Waals surface area contributed by atoms with Crippen molar-refractivity contribution in [2.45, 2.75) is 20.1 Å². The second kappa shape index (κ2) is 8.43. The summed E-state index contributed by atoms with van der Waals surface area (Å²) in [7, 11) is 0. The summed E-state index contributed by atoms with van der Waals surface area (Å²) in [6.07, 6.45) is 4.07. The summed E-state index contributed by atoms with van der Waals surface area (Å²) < 4.78 is 35.7. The van der Waals surface area contributed by atoms with Crippen LogP contribution in [0.3, 0.4) is 0 Å². The second-order valence-electron chi connectivity index (χ2n) is 5.88. The van der Waals surface area contributed by atoms with Gasteiger partial charge in [0.1, 0.15) is 18.0 Å². The van der Waals surface area contributed by atoms with Gasteiger partial charge in [-0.2, -0.15) is 8.78 Å². The lowest BCUT2D eigenvalue weighted by Crippen LogP contribution is -2.16. The molecule has 2 aromatic heterocycles. The van der Waals surface area contributed by atoms with Crippen molar-refractivity contribution in [1.82, 2.24) is 9.38 Å². The average molecular weight is 386 g/mol. The molecule has 0 N–H and O–H groups in total. The van der Waals surface area contributed by atoms with Gasteiger partial charge in [-0.1, -0.05) is 24.3 Å². The molecule has 3 aromatic rings. The Labute approximate surface area is 158 Å². The highest BCUT2D eigenvalue weighted by atomic mass is 19.3. The Morgan fingerprint density at radius 3 is 2.82 bits per heavy atom. The number of hydrogen-bond donors (Lipinski definition) is 0. The van der Waals surface area contributed by atoms with Crippen molar-refractivity contribution >= 4 is 17.7 Å². The van der Waals surface area contributed by atoms with E-state index < -0.39 is 12.6 Å². The first-order chi connectivity index (χ1) is 13.4. The molecule has 0 unspecified atom stereocenters. The van der Waals surface area contributed by atoms with Gasteiger partial charge in [0, 0.05) is 23.9 Å². The Kier molecular flexibility index (Phi) is 5.78. The minimum atomic E-state index is -2.97. The molecule has 0 bridgehead atoms. The van der Waals surface area contributed by atoms with Gasteiger partial charge in [-0.15, -0.1) is 0 Å². The summed E-state index contributed by atoms with van der Waals surface area (Å²) >= 11 is 0. The molecule has 2 heterocycles. The lowest BCUT2D eigenvalue weighted by molar-refractivity contribution is -0.139. The standard InChI is InChI=1S/C20H16F2N2O4/c1-13-6-8-17-23-15(10-18(25)24(17)11-13)12-27-19(26)9-7-14-4-2-3-5-16(14)28-20(21)22/h2-11,20H,12H2,1H3/b9-7+. The van der Waals surface area contributed by atoms with Crippen molar-refractivity contribution in [3.05, 3.63) is 81.9 Å². The highest BCUT2D eigenvalue weighted by Gasteiger charge is 2.08. The normalized spacial score (nSPS) is 11.3. The van der Waals surface area contributed by atoms with Gasteiger partial charge in [-0.05, 0) is 30.7 Å². The fraction of sp³-hybridized carbons (Fsp3) is 0.150. The second-order valence-corrected chi connectivity index (χ2v) is 5.88. The molecule has 28 heavy (non-hydrogen) atoms. The van der Waals surface area contributed by atoms with Crippen LogP contribution in [-0.4, -0.2) is 22.0 Å². The molecular formula is C20H16F2N2O4. The molecule has 0 aliphatic heterocycles. The number of aromatic nitrogens is 2. The van der Waals surface area contributed by atoms with Crippen LogP contribution in [0.2, 0.25) is 0 Å². The molecule has 0 spiro atoms. The quantitative estimate of drug-likeness (QED) is 0.480. The van der Waals surface area contributed by atoms with E-state index in [4.69, 9.17) is 4.74 Å². The molecule has 6 nitrogen and oxygen atoms in total. The summed E-state index contributed by atoms with van der Waals surface area (Å²) in [6.45, 7) is -1.31. The Hall–Kier alpha value is -3.55. The first-order valence-electron chi connectivity index (χ1n) is 8.30. The van der Waals surface area contributed by atoms with Crippen LogP contribution in [0.4, 0.5) is 8.78 Å². The smallest absolute Gasteiger partial charge is 0.387 e. The summed E-state index contributed by atoms with van der Waals surface area (Å²) in [5.74, 6) is -0.765. The van der Waals surface area contributed by atoms with Gasteiger partial charge >= 0.3 is 12.6 Å². The van der Waals surface area contributed by atoms with E-state index in [1.54, 1.807) is 24.4 Å².